The van der Waals surface area contributed by atoms with Gasteiger partial charge < -0.3 is 14.5 Å². The number of likely N-dealkylation sites (tertiary alicyclic amines) is 1. The molecule has 1 saturated carbocycles. The summed E-state index contributed by atoms with van der Waals surface area (Å²) in [5.41, 5.74) is 1.12. The Bertz CT molecular complexity index is 821. The number of rotatable bonds is 3. The molecule has 6 heteroatoms. The van der Waals surface area contributed by atoms with Crippen molar-refractivity contribution in [2.75, 3.05) is 13.7 Å². The molecule has 0 N–H and O–H groups in total. The first-order valence-electron chi connectivity index (χ1n) is 11.2. The second-order valence-electron chi connectivity index (χ2n) is 9.40. The van der Waals surface area contributed by atoms with Crippen LogP contribution < -0.4 is 4.74 Å². The molecule has 1 spiro atoms. The molecule has 1 aromatic rings. The number of nitrogens with zero attached hydrogens (tertiary/aromatic N) is 3. The maximum Gasteiger partial charge on any atom is 0.245 e. The maximum absolute atomic E-state index is 13.8. The molecule has 0 bridgehead atoms. The van der Waals surface area contributed by atoms with Gasteiger partial charge in [0, 0.05) is 36.7 Å². The summed E-state index contributed by atoms with van der Waals surface area (Å²) in [5, 5.41) is 0. The van der Waals surface area contributed by atoms with Crippen molar-refractivity contribution in [1.29, 1.82) is 0 Å². The fourth-order valence-corrected chi connectivity index (χ4v) is 6.22. The van der Waals surface area contributed by atoms with Crippen LogP contribution in [0.25, 0.3) is 0 Å². The quantitative estimate of drug-likeness (QED) is 0.786. The van der Waals surface area contributed by atoms with E-state index in [9.17, 15) is 9.59 Å². The van der Waals surface area contributed by atoms with E-state index in [0.29, 0.717) is 12.3 Å². The van der Waals surface area contributed by atoms with Crippen molar-refractivity contribution in [3.05, 3.63) is 24.0 Å². The Morgan fingerprint density at radius 2 is 2.03 bits per heavy atom. The largest absolute Gasteiger partial charge is 0.495 e. The first-order valence-corrected chi connectivity index (χ1v) is 11.2. The number of methoxy groups -OCH3 is 1. The van der Waals surface area contributed by atoms with Gasteiger partial charge in [-0.3, -0.25) is 14.6 Å². The molecule has 4 fully saturated rings. The Labute approximate surface area is 172 Å². The van der Waals surface area contributed by atoms with Crippen molar-refractivity contribution in [2.24, 2.45) is 5.92 Å². The Balaban J connectivity index is 1.41. The zero-order chi connectivity index (χ0) is 20.2. The summed E-state index contributed by atoms with van der Waals surface area (Å²) in [5.74, 6) is 1.79. The van der Waals surface area contributed by atoms with E-state index in [1.54, 1.807) is 13.3 Å². The Morgan fingerprint density at radius 1 is 1.21 bits per heavy atom. The number of pyridine rings is 1. The molecule has 6 nitrogen and oxygen atoms in total. The molecule has 3 aliphatic heterocycles. The standard InChI is InChI=1S/C23H31N3O3/c1-15-19(16-11-18(29-2)13-24-12-16)14-25(23(15)9-10-23)22(28)20-8-7-17-5-3-4-6-21(27)26(17)20/h11-13,15,17,19-20H,3-10,14H2,1-2H3/t15-,17+,19+,20+/m1/s1. The van der Waals surface area contributed by atoms with Gasteiger partial charge in [-0.25, -0.2) is 0 Å². The smallest absolute Gasteiger partial charge is 0.245 e. The Morgan fingerprint density at radius 3 is 2.79 bits per heavy atom. The molecule has 5 rings (SSSR count). The number of hydrogen-bond donors (Lipinski definition) is 0. The van der Waals surface area contributed by atoms with Gasteiger partial charge in [-0.05, 0) is 56.1 Å². The average Bonchev–Trinajstić information content (AvgIpc) is 3.39. The molecule has 0 radical (unpaired) electrons. The number of fused-ring (bicyclic) bond motifs is 1. The first kappa shape index (κ1) is 18.9. The number of ether oxygens (including phenoxy) is 1. The van der Waals surface area contributed by atoms with Gasteiger partial charge in [0.15, 0.2) is 0 Å². The van der Waals surface area contributed by atoms with E-state index < -0.39 is 0 Å². The second-order valence-corrected chi connectivity index (χ2v) is 9.40. The average molecular weight is 398 g/mol. The molecule has 3 saturated heterocycles. The minimum absolute atomic E-state index is 0.0300. The van der Waals surface area contributed by atoms with Crippen molar-refractivity contribution < 1.29 is 14.3 Å². The lowest BCUT2D eigenvalue weighted by Crippen LogP contribution is -2.52. The minimum atomic E-state index is -0.252. The third-order valence-corrected chi connectivity index (χ3v) is 8.05. The Kier molecular flexibility index (Phi) is 4.56. The van der Waals surface area contributed by atoms with Crippen molar-refractivity contribution in [3.8, 4) is 5.75 Å². The number of carbonyl (C=O) groups excluding carboxylic acids is 2. The third kappa shape index (κ3) is 2.94. The molecular formula is C23H31N3O3. The fourth-order valence-electron chi connectivity index (χ4n) is 6.22. The number of aromatic nitrogens is 1. The summed E-state index contributed by atoms with van der Waals surface area (Å²) >= 11 is 0. The Hall–Kier alpha value is -2.11. The summed E-state index contributed by atoms with van der Waals surface area (Å²) in [6, 6.07) is 2.08. The number of carbonyl (C=O) groups is 2. The summed E-state index contributed by atoms with van der Waals surface area (Å²) in [6.07, 6.45) is 11.3. The lowest BCUT2D eigenvalue weighted by Gasteiger charge is -2.34. The van der Waals surface area contributed by atoms with Crippen LogP contribution in [-0.2, 0) is 9.59 Å². The molecule has 4 heterocycles. The minimum Gasteiger partial charge on any atom is -0.495 e. The summed E-state index contributed by atoms with van der Waals surface area (Å²) in [7, 11) is 1.66. The van der Waals surface area contributed by atoms with Gasteiger partial charge in [0.25, 0.3) is 0 Å². The summed E-state index contributed by atoms with van der Waals surface area (Å²) in [6.45, 7) is 3.00. The van der Waals surface area contributed by atoms with Crippen LogP contribution in [-0.4, -0.2) is 57.9 Å². The van der Waals surface area contributed by atoms with Crippen molar-refractivity contribution in [1.82, 2.24) is 14.8 Å². The summed E-state index contributed by atoms with van der Waals surface area (Å²) in [4.78, 5) is 35.0. The van der Waals surface area contributed by atoms with Crippen LogP contribution in [0.5, 0.6) is 5.75 Å². The third-order valence-electron chi connectivity index (χ3n) is 8.05. The van der Waals surface area contributed by atoms with Crippen LogP contribution >= 0.6 is 0 Å². The molecule has 29 heavy (non-hydrogen) atoms. The van der Waals surface area contributed by atoms with Gasteiger partial charge >= 0.3 is 0 Å². The molecule has 4 atom stereocenters. The van der Waals surface area contributed by atoms with Crippen LogP contribution in [0.4, 0.5) is 0 Å². The molecular weight excluding hydrogens is 366 g/mol. The topological polar surface area (TPSA) is 62.7 Å². The maximum atomic E-state index is 13.8. The van der Waals surface area contributed by atoms with Gasteiger partial charge in [-0.1, -0.05) is 13.3 Å². The van der Waals surface area contributed by atoms with Gasteiger partial charge in [0.2, 0.25) is 11.8 Å². The molecule has 0 aromatic carbocycles. The van der Waals surface area contributed by atoms with Crippen LogP contribution in [0.1, 0.15) is 69.8 Å². The van der Waals surface area contributed by atoms with Crippen LogP contribution in [0.15, 0.2) is 18.5 Å². The zero-order valence-electron chi connectivity index (χ0n) is 17.5. The van der Waals surface area contributed by atoms with E-state index in [4.69, 9.17) is 4.74 Å². The highest BCUT2D eigenvalue weighted by molar-refractivity contribution is 5.89. The van der Waals surface area contributed by atoms with Gasteiger partial charge in [0.1, 0.15) is 11.8 Å². The van der Waals surface area contributed by atoms with Crippen LogP contribution in [0.3, 0.4) is 0 Å². The predicted molar refractivity (Wildman–Crippen MR) is 108 cm³/mol. The molecule has 1 aromatic heterocycles. The van der Waals surface area contributed by atoms with E-state index in [-0.39, 0.29) is 35.4 Å². The fraction of sp³-hybridized carbons (Fsp3) is 0.696. The number of hydrogen-bond acceptors (Lipinski definition) is 4. The van der Waals surface area contributed by atoms with Crippen LogP contribution in [0.2, 0.25) is 0 Å². The van der Waals surface area contributed by atoms with Gasteiger partial charge in [-0.2, -0.15) is 0 Å². The van der Waals surface area contributed by atoms with Crippen molar-refractivity contribution in [3.63, 3.8) is 0 Å². The highest BCUT2D eigenvalue weighted by Crippen LogP contribution is 2.58. The van der Waals surface area contributed by atoms with E-state index >= 15 is 0 Å². The van der Waals surface area contributed by atoms with Crippen molar-refractivity contribution in [2.45, 2.75) is 81.8 Å². The highest BCUT2D eigenvalue weighted by atomic mass is 16.5. The molecule has 1 aliphatic carbocycles. The van der Waals surface area contributed by atoms with Crippen molar-refractivity contribution >= 4 is 11.8 Å². The number of amides is 2. The molecule has 156 valence electrons. The lowest BCUT2D eigenvalue weighted by molar-refractivity contribution is -0.146. The normalized spacial score (nSPS) is 33.0. The second kappa shape index (κ2) is 6.99. The lowest BCUT2D eigenvalue weighted by atomic mass is 9.86. The van der Waals surface area contributed by atoms with E-state index in [1.165, 1.54) is 0 Å². The van der Waals surface area contributed by atoms with Crippen LogP contribution in [0, 0.1) is 5.92 Å². The zero-order valence-corrected chi connectivity index (χ0v) is 17.5. The summed E-state index contributed by atoms with van der Waals surface area (Å²) < 4.78 is 5.37. The van der Waals surface area contributed by atoms with E-state index in [2.05, 4.69) is 22.9 Å². The molecule has 2 amide bonds. The first-order chi connectivity index (χ1) is 14.0. The molecule has 4 aliphatic rings. The highest BCUT2D eigenvalue weighted by Gasteiger charge is 2.62. The van der Waals surface area contributed by atoms with Gasteiger partial charge in [0.05, 0.1) is 13.3 Å². The van der Waals surface area contributed by atoms with E-state index in [1.807, 2.05) is 11.1 Å². The van der Waals surface area contributed by atoms with Gasteiger partial charge in [-0.15, -0.1) is 0 Å². The van der Waals surface area contributed by atoms with E-state index in [0.717, 1.165) is 62.8 Å². The SMILES string of the molecule is COc1cncc([C@H]2CN(C(=O)[C@@H]3CC[C@@H]4CCCCC(=O)N43)C3(CC3)[C@@H]2C)c1. The monoisotopic (exact) mass is 397 g/mol. The molecule has 0 unspecified atom stereocenters. The predicted octanol–water partition coefficient (Wildman–Crippen LogP) is 3.12.